The number of hydrogen-bond donors (Lipinski definition) is 2. The zero-order chi connectivity index (χ0) is 20.1. The van der Waals surface area contributed by atoms with E-state index in [4.69, 9.17) is 10.5 Å². The SMILES string of the molecule is COC(=O)COc1ccc(-c2c(C#N)c(N)[nH]c(=O)c2C#N)cc1[N+](=O)[O-]. The Hall–Kier alpha value is -4.38. The molecule has 0 aliphatic heterocycles. The topological polar surface area (TPSA) is 185 Å². The van der Waals surface area contributed by atoms with Gasteiger partial charge in [-0.1, -0.05) is 6.07 Å². The number of aromatic amines is 1. The molecule has 2 rings (SSSR count). The predicted molar refractivity (Wildman–Crippen MR) is 90.5 cm³/mol. The van der Waals surface area contributed by atoms with Gasteiger partial charge in [-0.2, -0.15) is 10.5 Å². The number of nitrogens with zero attached hydrogens (tertiary/aromatic N) is 3. The Morgan fingerprint density at radius 3 is 2.56 bits per heavy atom. The van der Waals surface area contributed by atoms with Crippen LogP contribution in [0.4, 0.5) is 11.5 Å². The van der Waals surface area contributed by atoms with Crippen molar-refractivity contribution in [3.05, 3.63) is 49.8 Å². The van der Waals surface area contributed by atoms with Crippen LogP contribution in [-0.4, -0.2) is 29.6 Å². The number of methoxy groups -OCH3 is 1. The van der Waals surface area contributed by atoms with Gasteiger partial charge in [-0.05, 0) is 11.6 Å². The number of aromatic nitrogens is 1. The van der Waals surface area contributed by atoms with Crippen molar-refractivity contribution < 1.29 is 19.2 Å². The Morgan fingerprint density at radius 2 is 2.00 bits per heavy atom. The Morgan fingerprint density at radius 1 is 1.33 bits per heavy atom. The van der Waals surface area contributed by atoms with Gasteiger partial charge in [0.25, 0.3) is 5.56 Å². The van der Waals surface area contributed by atoms with E-state index >= 15 is 0 Å². The van der Waals surface area contributed by atoms with Gasteiger partial charge >= 0.3 is 11.7 Å². The number of nitrogens with two attached hydrogens (primary N) is 1. The van der Waals surface area contributed by atoms with Crippen molar-refractivity contribution in [3.63, 3.8) is 0 Å². The summed E-state index contributed by atoms with van der Waals surface area (Å²) in [7, 11) is 1.13. The van der Waals surface area contributed by atoms with E-state index in [0.717, 1.165) is 13.2 Å². The number of nitro groups is 1. The average molecular weight is 369 g/mol. The average Bonchev–Trinajstić information content (AvgIpc) is 2.65. The van der Waals surface area contributed by atoms with E-state index in [-0.39, 0.29) is 28.3 Å². The van der Waals surface area contributed by atoms with Gasteiger partial charge in [-0.15, -0.1) is 0 Å². The van der Waals surface area contributed by atoms with E-state index in [1.165, 1.54) is 12.1 Å². The molecule has 1 aromatic carbocycles. The third kappa shape index (κ3) is 3.67. The molecule has 0 radical (unpaired) electrons. The Labute approximate surface area is 151 Å². The molecule has 27 heavy (non-hydrogen) atoms. The maximum atomic E-state index is 12.0. The van der Waals surface area contributed by atoms with Crippen molar-refractivity contribution in [3.8, 4) is 29.0 Å². The van der Waals surface area contributed by atoms with Gasteiger partial charge in [0.2, 0.25) is 0 Å². The van der Waals surface area contributed by atoms with Crippen LogP contribution in [-0.2, 0) is 9.53 Å². The number of anilines is 1. The summed E-state index contributed by atoms with van der Waals surface area (Å²) >= 11 is 0. The molecular weight excluding hydrogens is 358 g/mol. The molecule has 0 spiro atoms. The summed E-state index contributed by atoms with van der Waals surface area (Å²) in [5, 5.41) is 29.9. The summed E-state index contributed by atoms with van der Waals surface area (Å²) in [6.07, 6.45) is 0. The third-order valence-corrected chi connectivity index (χ3v) is 3.49. The van der Waals surface area contributed by atoms with Crippen molar-refractivity contribution in [2.24, 2.45) is 0 Å². The summed E-state index contributed by atoms with van der Waals surface area (Å²) in [5.41, 5.74) is 3.53. The molecular formula is C16H11N5O6. The molecule has 0 fully saturated rings. The maximum absolute atomic E-state index is 12.0. The van der Waals surface area contributed by atoms with Gasteiger partial charge in [0.05, 0.1) is 12.0 Å². The number of benzene rings is 1. The minimum atomic E-state index is -0.835. The molecule has 0 amide bonds. The lowest BCUT2D eigenvalue weighted by molar-refractivity contribution is -0.385. The first-order chi connectivity index (χ1) is 12.8. The van der Waals surface area contributed by atoms with Crippen LogP contribution in [0, 0.1) is 32.8 Å². The highest BCUT2D eigenvalue weighted by molar-refractivity contribution is 5.82. The van der Waals surface area contributed by atoms with E-state index in [2.05, 4.69) is 9.72 Å². The molecule has 0 bridgehead atoms. The molecule has 2 aromatic rings. The van der Waals surface area contributed by atoms with E-state index in [1.54, 1.807) is 12.1 Å². The number of carbonyl (C=O) groups is 1. The summed E-state index contributed by atoms with van der Waals surface area (Å²) < 4.78 is 9.46. The molecule has 0 aliphatic rings. The molecule has 11 heteroatoms. The highest BCUT2D eigenvalue weighted by Crippen LogP contribution is 2.35. The number of esters is 1. The number of nitriles is 2. The summed E-state index contributed by atoms with van der Waals surface area (Å²) in [4.78, 5) is 35.9. The quantitative estimate of drug-likeness (QED) is 0.437. The van der Waals surface area contributed by atoms with Gasteiger partial charge < -0.3 is 20.2 Å². The summed E-state index contributed by atoms with van der Waals surface area (Å²) in [6, 6.07) is 6.92. The third-order valence-electron chi connectivity index (χ3n) is 3.49. The first-order valence-electron chi connectivity index (χ1n) is 7.18. The van der Waals surface area contributed by atoms with Crippen molar-refractivity contribution in [2.45, 2.75) is 0 Å². The zero-order valence-electron chi connectivity index (χ0n) is 13.8. The van der Waals surface area contributed by atoms with Crippen LogP contribution in [0.3, 0.4) is 0 Å². The van der Waals surface area contributed by atoms with E-state index in [9.17, 15) is 30.2 Å². The number of nitrogen functional groups attached to an aromatic ring is 1. The highest BCUT2D eigenvalue weighted by atomic mass is 16.6. The number of nitrogens with one attached hydrogen (secondary N) is 1. The fraction of sp³-hybridized carbons (Fsp3) is 0.125. The molecule has 3 N–H and O–H groups in total. The molecule has 0 saturated heterocycles. The smallest absolute Gasteiger partial charge is 0.343 e. The van der Waals surface area contributed by atoms with Crippen LogP contribution in [0.1, 0.15) is 11.1 Å². The molecule has 0 atom stereocenters. The highest BCUT2D eigenvalue weighted by Gasteiger charge is 2.23. The van der Waals surface area contributed by atoms with E-state index in [0.29, 0.717) is 0 Å². The van der Waals surface area contributed by atoms with Crippen molar-refractivity contribution in [2.75, 3.05) is 19.5 Å². The van der Waals surface area contributed by atoms with Crippen molar-refractivity contribution in [1.82, 2.24) is 4.98 Å². The first-order valence-corrected chi connectivity index (χ1v) is 7.18. The fourth-order valence-corrected chi connectivity index (χ4v) is 2.27. The normalized spacial score (nSPS) is 9.74. The lowest BCUT2D eigenvalue weighted by Gasteiger charge is -2.10. The molecule has 0 saturated carbocycles. The van der Waals surface area contributed by atoms with Crippen LogP contribution in [0.5, 0.6) is 5.75 Å². The van der Waals surface area contributed by atoms with Crippen molar-refractivity contribution >= 4 is 17.5 Å². The molecule has 0 aliphatic carbocycles. The Balaban J connectivity index is 2.69. The number of pyridine rings is 1. The minimum Gasteiger partial charge on any atom is -0.475 e. The fourth-order valence-electron chi connectivity index (χ4n) is 2.27. The standard InChI is InChI=1S/C16H11N5O6/c1-26-13(22)7-27-12-3-2-8(4-11(12)21(24)25)14-9(5-17)15(19)20-16(23)10(14)6-18/h2-4H,7H2,1H3,(H3,19,20,23). The number of rotatable bonds is 5. The van der Waals surface area contributed by atoms with Crippen LogP contribution >= 0.6 is 0 Å². The predicted octanol–water partition coefficient (Wildman–Crippen LogP) is 0.827. The molecule has 136 valence electrons. The molecule has 1 heterocycles. The Kier molecular flexibility index (Phi) is 5.38. The lowest BCUT2D eigenvalue weighted by Crippen LogP contribution is -2.16. The van der Waals surface area contributed by atoms with Gasteiger partial charge in [-0.3, -0.25) is 14.9 Å². The van der Waals surface area contributed by atoms with Gasteiger partial charge in [0.15, 0.2) is 12.4 Å². The maximum Gasteiger partial charge on any atom is 0.343 e. The lowest BCUT2D eigenvalue weighted by atomic mass is 9.96. The number of H-pyrrole nitrogens is 1. The second-order valence-electron chi connectivity index (χ2n) is 5.02. The molecule has 1 aromatic heterocycles. The second kappa shape index (κ2) is 7.67. The number of ether oxygens (including phenoxy) is 2. The number of hydrogen-bond acceptors (Lipinski definition) is 9. The largest absolute Gasteiger partial charge is 0.475 e. The Bertz CT molecular complexity index is 1080. The van der Waals surface area contributed by atoms with E-state index < -0.39 is 34.3 Å². The first kappa shape index (κ1) is 19.0. The summed E-state index contributed by atoms with van der Waals surface area (Å²) in [6.45, 7) is -0.554. The molecule has 11 nitrogen and oxygen atoms in total. The van der Waals surface area contributed by atoms with Crippen molar-refractivity contribution in [1.29, 1.82) is 10.5 Å². The van der Waals surface area contributed by atoms with Crippen LogP contribution < -0.4 is 16.0 Å². The van der Waals surface area contributed by atoms with Crippen LogP contribution in [0.15, 0.2) is 23.0 Å². The monoisotopic (exact) mass is 369 g/mol. The summed E-state index contributed by atoms with van der Waals surface area (Å²) in [5.74, 6) is -1.25. The van der Waals surface area contributed by atoms with Gasteiger partial charge in [0, 0.05) is 11.6 Å². The van der Waals surface area contributed by atoms with Gasteiger partial charge in [-0.25, -0.2) is 4.79 Å². The van der Waals surface area contributed by atoms with Crippen LogP contribution in [0.25, 0.3) is 11.1 Å². The second-order valence-corrected chi connectivity index (χ2v) is 5.02. The minimum absolute atomic E-state index is 0.0398. The van der Waals surface area contributed by atoms with E-state index in [1.807, 2.05) is 0 Å². The zero-order valence-corrected chi connectivity index (χ0v) is 13.8. The molecule has 0 unspecified atom stereocenters. The number of carbonyl (C=O) groups excluding carboxylic acids is 1. The van der Waals surface area contributed by atoms with Crippen LogP contribution in [0.2, 0.25) is 0 Å². The van der Waals surface area contributed by atoms with Gasteiger partial charge in [0.1, 0.15) is 29.1 Å². The number of nitro benzene ring substituents is 1.